The molecule has 0 saturated heterocycles. The second-order valence-corrected chi connectivity index (χ2v) is 9.75. The lowest BCUT2D eigenvalue weighted by molar-refractivity contribution is 0.0945. The number of para-hydroxylation sites is 2. The van der Waals surface area contributed by atoms with Gasteiger partial charge in [0.15, 0.2) is 0 Å². The zero-order valence-electron chi connectivity index (χ0n) is 18.9. The van der Waals surface area contributed by atoms with E-state index >= 15 is 0 Å². The second kappa shape index (κ2) is 9.31. The van der Waals surface area contributed by atoms with Crippen LogP contribution in [0.5, 0.6) is 0 Å². The summed E-state index contributed by atoms with van der Waals surface area (Å²) in [5.41, 5.74) is 4.19. The number of carbonyl (C=O) groups is 1. The quantitative estimate of drug-likeness (QED) is 0.434. The lowest BCUT2D eigenvalue weighted by Crippen LogP contribution is -2.34. The van der Waals surface area contributed by atoms with Gasteiger partial charge in [0.2, 0.25) is 5.95 Å². The maximum atomic E-state index is 12.7. The fourth-order valence-corrected chi connectivity index (χ4v) is 5.26. The Morgan fingerprint density at radius 1 is 1.06 bits per heavy atom. The van der Waals surface area contributed by atoms with E-state index < -0.39 is 0 Å². The molecule has 33 heavy (non-hydrogen) atoms. The van der Waals surface area contributed by atoms with Gasteiger partial charge in [0.1, 0.15) is 5.82 Å². The van der Waals surface area contributed by atoms with Crippen LogP contribution >= 0.6 is 11.3 Å². The molecule has 0 atom stereocenters. The first-order valence-corrected chi connectivity index (χ1v) is 12.3. The molecular weight excluding hydrogens is 432 g/mol. The van der Waals surface area contributed by atoms with Crippen molar-refractivity contribution in [1.82, 2.24) is 20.3 Å². The molecule has 1 fully saturated rings. The van der Waals surface area contributed by atoms with Crippen molar-refractivity contribution in [1.29, 1.82) is 0 Å². The molecule has 1 aliphatic carbocycles. The van der Waals surface area contributed by atoms with E-state index in [1.165, 1.54) is 0 Å². The molecule has 0 aliphatic heterocycles. The topological polar surface area (TPSA) is 83.0 Å². The largest absolute Gasteiger partial charge is 0.362 e. The van der Waals surface area contributed by atoms with Crippen LogP contribution in [0.3, 0.4) is 0 Å². The van der Waals surface area contributed by atoms with Gasteiger partial charge >= 0.3 is 0 Å². The molecule has 0 unspecified atom stereocenters. The van der Waals surface area contributed by atoms with Gasteiger partial charge in [-0.05, 0) is 55.9 Å². The number of amides is 1. The van der Waals surface area contributed by atoms with Gasteiger partial charge in [0, 0.05) is 32.1 Å². The first-order valence-electron chi connectivity index (χ1n) is 11.4. The minimum absolute atomic E-state index is 0.0347. The van der Waals surface area contributed by atoms with Crippen LogP contribution in [0.4, 0.5) is 11.8 Å². The molecule has 5 rings (SSSR count). The van der Waals surface area contributed by atoms with E-state index in [0.29, 0.717) is 30.0 Å². The molecule has 4 aromatic rings. The van der Waals surface area contributed by atoms with Gasteiger partial charge in [0.25, 0.3) is 5.91 Å². The Balaban J connectivity index is 1.17. The minimum Gasteiger partial charge on any atom is -0.362 e. The molecule has 2 aromatic carbocycles. The van der Waals surface area contributed by atoms with Crippen LogP contribution in [-0.2, 0) is 0 Å². The number of carbonyl (C=O) groups excluding carboxylic acids is 1. The summed E-state index contributed by atoms with van der Waals surface area (Å²) in [6, 6.07) is 14.2. The zero-order chi connectivity index (χ0) is 22.8. The molecule has 1 amide bonds. The van der Waals surface area contributed by atoms with Gasteiger partial charge in [0.05, 0.1) is 26.8 Å². The van der Waals surface area contributed by atoms with E-state index in [4.69, 9.17) is 9.97 Å². The molecule has 8 heteroatoms. The SMILES string of the molecule is CN(C)c1nc(NC2CCC(CNC(=O)c3cccc4scnc34)CC2)nc2ccccc12. The number of aromatic nitrogens is 3. The normalized spacial score (nSPS) is 18.4. The maximum Gasteiger partial charge on any atom is 0.253 e. The highest BCUT2D eigenvalue weighted by Gasteiger charge is 2.23. The zero-order valence-corrected chi connectivity index (χ0v) is 19.7. The molecule has 0 radical (unpaired) electrons. The number of benzene rings is 2. The molecule has 1 aliphatic rings. The third-order valence-electron chi connectivity index (χ3n) is 6.34. The average molecular weight is 461 g/mol. The average Bonchev–Trinajstić information content (AvgIpc) is 3.32. The van der Waals surface area contributed by atoms with Gasteiger partial charge in [-0.3, -0.25) is 4.79 Å². The van der Waals surface area contributed by atoms with E-state index in [2.05, 4.69) is 21.7 Å². The number of fused-ring (bicyclic) bond motifs is 2. The van der Waals surface area contributed by atoms with Crippen molar-refractivity contribution < 1.29 is 4.79 Å². The van der Waals surface area contributed by atoms with Crippen molar-refractivity contribution in [2.24, 2.45) is 5.92 Å². The Hall–Kier alpha value is -3.26. The third-order valence-corrected chi connectivity index (χ3v) is 7.14. The van der Waals surface area contributed by atoms with Crippen molar-refractivity contribution in [3.05, 3.63) is 53.5 Å². The lowest BCUT2D eigenvalue weighted by Gasteiger charge is -2.29. The Bertz CT molecular complexity index is 1280. The summed E-state index contributed by atoms with van der Waals surface area (Å²) >= 11 is 1.56. The fourth-order valence-electron chi connectivity index (χ4n) is 4.56. The van der Waals surface area contributed by atoms with Crippen molar-refractivity contribution in [3.63, 3.8) is 0 Å². The molecule has 1 saturated carbocycles. The van der Waals surface area contributed by atoms with Gasteiger partial charge in [-0.1, -0.05) is 18.2 Å². The van der Waals surface area contributed by atoms with Crippen LogP contribution in [0, 0.1) is 5.92 Å². The molecule has 170 valence electrons. The summed E-state index contributed by atoms with van der Waals surface area (Å²) in [6.07, 6.45) is 4.20. The first kappa shape index (κ1) is 21.6. The van der Waals surface area contributed by atoms with Crippen LogP contribution in [0.15, 0.2) is 48.0 Å². The standard InChI is InChI=1S/C25H28N6OS/c1-31(2)23-18-6-3-4-8-20(18)29-25(30-23)28-17-12-10-16(11-13-17)14-26-24(32)19-7-5-9-21-22(19)27-15-33-21/h3-9,15-17H,10-14H2,1-2H3,(H,26,32)(H,28,29,30). The molecular formula is C25H28N6OS. The van der Waals surface area contributed by atoms with E-state index in [-0.39, 0.29) is 5.91 Å². The highest BCUT2D eigenvalue weighted by Crippen LogP contribution is 2.28. The van der Waals surface area contributed by atoms with Crippen LogP contribution in [-0.4, -0.2) is 47.5 Å². The highest BCUT2D eigenvalue weighted by atomic mass is 32.1. The summed E-state index contributed by atoms with van der Waals surface area (Å²) in [7, 11) is 4.01. The number of nitrogens with zero attached hydrogens (tertiary/aromatic N) is 4. The summed E-state index contributed by atoms with van der Waals surface area (Å²) in [5.74, 6) is 2.06. The summed E-state index contributed by atoms with van der Waals surface area (Å²) in [6.45, 7) is 0.698. The number of hydrogen-bond donors (Lipinski definition) is 2. The molecule has 2 N–H and O–H groups in total. The number of hydrogen-bond acceptors (Lipinski definition) is 7. The van der Waals surface area contributed by atoms with Crippen molar-refractivity contribution in [2.45, 2.75) is 31.7 Å². The summed E-state index contributed by atoms with van der Waals surface area (Å²) < 4.78 is 1.04. The Kier molecular flexibility index (Phi) is 6.09. The second-order valence-electron chi connectivity index (χ2n) is 8.86. The van der Waals surface area contributed by atoms with Crippen LogP contribution in [0.1, 0.15) is 36.0 Å². The Morgan fingerprint density at radius 3 is 2.70 bits per heavy atom. The van der Waals surface area contributed by atoms with Crippen molar-refractivity contribution >= 4 is 50.1 Å². The Labute approximate surface area is 197 Å². The van der Waals surface area contributed by atoms with Gasteiger partial charge in [-0.15, -0.1) is 11.3 Å². The molecule has 2 aromatic heterocycles. The van der Waals surface area contributed by atoms with Gasteiger partial charge in [-0.25, -0.2) is 9.97 Å². The minimum atomic E-state index is -0.0347. The van der Waals surface area contributed by atoms with Crippen molar-refractivity contribution in [3.8, 4) is 0 Å². The van der Waals surface area contributed by atoms with Crippen LogP contribution in [0.2, 0.25) is 0 Å². The van der Waals surface area contributed by atoms with Crippen molar-refractivity contribution in [2.75, 3.05) is 30.9 Å². The Morgan fingerprint density at radius 2 is 1.88 bits per heavy atom. The fraction of sp³-hybridized carbons (Fsp3) is 0.360. The first-order chi connectivity index (χ1) is 16.1. The van der Waals surface area contributed by atoms with E-state index in [1.807, 2.05) is 55.4 Å². The summed E-state index contributed by atoms with van der Waals surface area (Å²) in [4.78, 5) is 28.6. The predicted octanol–water partition coefficient (Wildman–Crippen LogP) is 4.71. The molecule has 0 bridgehead atoms. The predicted molar refractivity (Wildman–Crippen MR) is 135 cm³/mol. The van der Waals surface area contributed by atoms with E-state index in [9.17, 15) is 4.79 Å². The van der Waals surface area contributed by atoms with E-state index in [0.717, 1.165) is 52.6 Å². The maximum absolute atomic E-state index is 12.7. The molecule has 2 heterocycles. The number of nitrogens with one attached hydrogen (secondary N) is 2. The van der Waals surface area contributed by atoms with Gasteiger partial charge < -0.3 is 15.5 Å². The van der Waals surface area contributed by atoms with Crippen LogP contribution < -0.4 is 15.5 Å². The smallest absolute Gasteiger partial charge is 0.253 e. The summed E-state index contributed by atoms with van der Waals surface area (Å²) in [5, 5.41) is 7.74. The number of anilines is 2. The monoisotopic (exact) mass is 460 g/mol. The van der Waals surface area contributed by atoms with Gasteiger partial charge in [-0.2, -0.15) is 4.98 Å². The lowest BCUT2D eigenvalue weighted by atomic mass is 9.86. The van der Waals surface area contributed by atoms with Crippen LogP contribution in [0.25, 0.3) is 21.1 Å². The highest BCUT2D eigenvalue weighted by molar-refractivity contribution is 7.16. The third kappa shape index (κ3) is 4.61. The van der Waals surface area contributed by atoms with E-state index in [1.54, 1.807) is 16.8 Å². The molecule has 7 nitrogen and oxygen atoms in total. The number of rotatable bonds is 6. The number of thiazole rings is 1. The molecule has 0 spiro atoms.